The van der Waals surface area contributed by atoms with Gasteiger partial charge in [0.2, 0.25) is 0 Å². The number of hydrogen-bond donors (Lipinski definition) is 2. The third kappa shape index (κ3) is 8.85. The van der Waals surface area contributed by atoms with Gasteiger partial charge in [0.1, 0.15) is 0 Å². The van der Waals surface area contributed by atoms with Crippen LogP contribution >= 0.6 is 0 Å². The molecule has 0 saturated carbocycles. The summed E-state index contributed by atoms with van der Waals surface area (Å²) in [7, 11) is 0. The molecule has 2 nitrogen and oxygen atoms in total. The lowest BCUT2D eigenvalue weighted by Gasteiger charge is -2.06. The van der Waals surface area contributed by atoms with Crippen molar-refractivity contribution in [2.45, 2.75) is 13.1 Å². The highest BCUT2D eigenvalue weighted by Crippen LogP contribution is 1.97. The van der Waals surface area contributed by atoms with Gasteiger partial charge in [-0.15, -0.1) is 0 Å². The normalized spacial score (nSPS) is 9.96. The van der Waals surface area contributed by atoms with Crippen LogP contribution in [0.4, 0.5) is 0 Å². The molecular weight excluding hydrogens is 304 g/mol. The van der Waals surface area contributed by atoms with Crippen LogP contribution in [-0.2, 0) is 13.1 Å². The number of hydrogen-bond acceptors (Lipinski definition) is 2. The first kappa shape index (κ1) is 18.9. The van der Waals surface area contributed by atoms with Crippen LogP contribution in [0.15, 0.2) is 91.0 Å². The van der Waals surface area contributed by atoms with Crippen molar-refractivity contribution < 1.29 is 0 Å². The van der Waals surface area contributed by atoms with Crippen LogP contribution in [0.1, 0.15) is 16.7 Å². The molecule has 25 heavy (non-hydrogen) atoms. The first-order valence-corrected chi connectivity index (χ1v) is 8.71. The second-order valence-electron chi connectivity index (χ2n) is 5.81. The molecule has 0 unspecified atom stereocenters. The minimum absolute atomic E-state index is 0.938. The van der Waals surface area contributed by atoms with E-state index in [1.165, 1.54) is 11.1 Å². The molecular formula is C23H27N2. The minimum atomic E-state index is 0.938. The molecule has 3 aromatic carbocycles. The molecule has 3 rings (SSSR count). The Labute approximate surface area is 151 Å². The zero-order valence-electron chi connectivity index (χ0n) is 14.7. The Morgan fingerprint density at radius 2 is 0.880 bits per heavy atom. The van der Waals surface area contributed by atoms with Gasteiger partial charge in [-0.3, -0.25) is 0 Å². The van der Waals surface area contributed by atoms with E-state index in [-0.39, 0.29) is 0 Å². The Morgan fingerprint density at radius 3 is 1.20 bits per heavy atom. The van der Waals surface area contributed by atoms with Gasteiger partial charge in [-0.05, 0) is 23.6 Å². The largest absolute Gasteiger partial charge is 0.311 e. The monoisotopic (exact) mass is 331 g/mol. The predicted octanol–water partition coefficient (Wildman–Crippen LogP) is 4.43. The molecule has 2 N–H and O–H groups in total. The summed E-state index contributed by atoms with van der Waals surface area (Å²) in [5.74, 6) is 0. The van der Waals surface area contributed by atoms with Crippen LogP contribution in [0.2, 0.25) is 0 Å². The zero-order valence-corrected chi connectivity index (χ0v) is 14.7. The lowest BCUT2D eigenvalue weighted by Crippen LogP contribution is -2.26. The fraction of sp³-hybridized carbons (Fsp3) is 0.174. The second-order valence-corrected chi connectivity index (χ2v) is 5.81. The van der Waals surface area contributed by atoms with Gasteiger partial charge in [0.05, 0.1) is 0 Å². The van der Waals surface area contributed by atoms with E-state index in [9.17, 15) is 0 Å². The van der Waals surface area contributed by atoms with Crippen molar-refractivity contribution in [1.29, 1.82) is 0 Å². The van der Waals surface area contributed by atoms with Crippen molar-refractivity contribution in [3.05, 3.63) is 115 Å². The van der Waals surface area contributed by atoms with Gasteiger partial charge in [0.25, 0.3) is 0 Å². The molecule has 0 saturated heterocycles. The number of rotatable bonds is 7. The van der Waals surface area contributed by atoms with Gasteiger partial charge in [-0.1, -0.05) is 91.0 Å². The molecule has 0 fully saturated rings. The Balaban J connectivity index is 0.000000269. The van der Waals surface area contributed by atoms with Crippen LogP contribution in [0.25, 0.3) is 0 Å². The molecule has 0 aliphatic rings. The van der Waals surface area contributed by atoms with Crippen LogP contribution in [-0.4, -0.2) is 13.1 Å². The predicted molar refractivity (Wildman–Crippen MR) is 107 cm³/mol. The quantitative estimate of drug-likeness (QED) is 0.626. The molecule has 129 valence electrons. The van der Waals surface area contributed by atoms with Crippen molar-refractivity contribution in [2.24, 2.45) is 0 Å². The Bertz CT molecular complexity index is 623. The third-order valence-electron chi connectivity index (χ3n) is 3.67. The summed E-state index contributed by atoms with van der Waals surface area (Å²) in [5.41, 5.74) is 3.74. The van der Waals surface area contributed by atoms with Crippen molar-refractivity contribution >= 4 is 0 Å². The molecule has 0 atom stereocenters. The van der Waals surface area contributed by atoms with Gasteiger partial charge >= 0.3 is 0 Å². The van der Waals surface area contributed by atoms with Crippen molar-refractivity contribution in [3.63, 3.8) is 0 Å². The number of benzene rings is 3. The van der Waals surface area contributed by atoms with Gasteiger partial charge < -0.3 is 10.6 Å². The maximum Gasteiger partial charge on any atom is 0.0206 e. The summed E-state index contributed by atoms with van der Waals surface area (Å²) in [6.45, 7) is 7.57. The van der Waals surface area contributed by atoms with E-state index in [1.54, 1.807) is 0 Å². The summed E-state index contributed by atoms with van der Waals surface area (Å²) in [4.78, 5) is 0. The van der Waals surface area contributed by atoms with E-state index >= 15 is 0 Å². The molecule has 0 spiro atoms. The molecule has 2 heteroatoms. The lowest BCUT2D eigenvalue weighted by molar-refractivity contribution is 0.611. The Kier molecular flexibility index (Phi) is 9.09. The molecule has 1 radical (unpaired) electrons. The van der Waals surface area contributed by atoms with Crippen molar-refractivity contribution in [2.75, 3.05) is 13.1 Å². The third-order valence-corrected chi connectivity index (χ3v) is 3.67. The first-order valence-electron chi connectivity index (χ1n) is 8.71. The Hall–Kier alpha value is -2.42. The van der Waals surface area contributed by atoms with E-state index < -0.39 is 0 Å². The highest BCUT2D eigenvalue weighted by molar-refractivity contribution is 5.17. The van der Waals surface area contributed by atoms with Gasteiger partial charge in [-0.25, -0.2) is 0 Å². The Morgan fingerprint density at radius 1 is 0.520 bits per heavy atom. The SMILES string of the molecule is [CH2]c1ccccc1.c1ccc(CNCCNCc2ccccc2)cc1. The molecule has 3 aromatic rings. The summed E-state index contributed by atoms with van der Waals surface area (Å²) in [6, 6.07) is 30.8. The zero-order chi connectivity index (χ0) is 17.6. The van der Waals surface area contributed by atoms with Crippen LogP contribution < -0.4 is 10.6 Å². The maximum atomic E-state index is 3.72. The minimum Gasteiger partial charge on any atom is -0.311 e. The standard InChI is InChI=1S/C16H20N2.C7H7/c1-3-7-15(8-4-1)13-17-11-12-18-14-16-9-5-2-6-10-16;1-7-5-3-2-4-6-7/h1-10,17-18H,11-14H2;2-6H,1H2. The fourth-order valence-electron chi connectivity index (χ4n) is 2.31. The molecule has 0 amide bonds. The molecule has 0 heterocycles. The van der Waals surface area contributed by atoms with E-state index in [4.69, 9.17) is 0 Å². The lowest BCUT2D eigenvalue weighted by atomic mass is 10.2. The van der Waals surface area contributed by atoms with Crippen LogP contribution in [0.5, 0.6) is 0 Å². The maximum absolute atomic E-state index is 3.72. The highest BCUT2D eigenvalue weighted by Gasteiger charge is 1.92. The fourth-order valence-corrected chi connectivity index (χ4v) is 2.31. The first-order chi connectivity index (χ1) is 12.3. The van der Waals surface area contributed by atoms with Gasteiger partial charge in [0.15, 0.2) is 0 Å². The van der Waals surface area contributed by atoms with E-state index in [1.807, 2.05) is 42.5 Å². The van der Waals surface area contributed by atoms with Gasteiger partial charge in [-0.2, -0.15) is 0 Å². The summed E-state index contributed by atoms with van der Waals surface area (Å²) in [6.07, 6.45) is 0. The topological polar surface area (TPSA) is 24.1 Å². The average molecular weight is 331 g/mol. The summed E-state index contributed by atoms with van der Waals surface area (Å²) >= 11 is 0. The average Bonchev–Trinajstić information content (AvgIpc) is 2.67. The molecule has 0 bridgehead atoms. The second kappa shape index (κ2) is 12.0. The highest BCUT2D eigenvalue weighted by atomic mass is 14.9. The van der Waals surface area contributed by atoms with Crippen LogP contribution in [0, 0.1) is 6.92 Å². The number of nitrogens with one attached hydrogen (secondary N) is 2. The molecule has 0 aliphatic heterocycles. The van der Waals surface area contributed by atoms with Crippen molar-refractivity contribution in [1.82, 2.24) is 10.6 Å². The smallest absolute Gasteiger partial charge is 0.0206 e. The summed E-state index contributed by atoms with van der Waals surface area (Å²) < 4.78 is 0. The van der Waals surface area contributed by atoms with Gasteiger partial charge in [0, 0.05) is 26.2 Å². The van der Waals surface area contributed by atoms with E-state index in [2.05, 4.69) is 66.1 Å². The molecule has 0 aromatic heterocycles. The van der Waals surface area contributed by atoms with E-state index in [0.717, 1.165) is 31.7 Å². The summed E-state index contributed by atoms with van der Waals surface area (Å²) in [5, 5.41) is 6.85. The van der Waals surface area contributed by atoms with Crippen LogP contribution in [0.3, 0.4) is 0 Å². The van der Waals surface area contributed by atoms with E-state index in [0.29, 0.717) is 0 Å². The van der Waals surface area contributed by atoms with Crippen molar-refractivity contribution in [3.8, 4) is 0 Å². The molecule has 0 aliphatic carbocycles.